The summed E-state index contributed by atoms with van der Waals surface area (Å²) in [6.07, 6.45) is 2.01. The molecule has 1 aromatic rings. The fraction of sp³-hybridized carbons (Fsp3) is 0.562. The number of piperidine rings is 1. The lowest BCUT2D eigenvalue weighted by Crippen LogP contribution is -2.44. The molecule has 0 aromatic heterocycles. The second-order valence-electron chi connectivity index (χ2n) is 5.37. The van der Waals surface area contributed by atoms with Crippen LogP contribution in [-0.4, -0.2) is 50.7 Å². The van der Waals surface area contributed by atoms with Crippen molar-refractivity contribution in [3.63, 3.8) is 0 Å². The first-order valence-corrected chi connectivity index (χ1v) is 8.61. The number of hydrogen-bond acceptors (Lipinski definition) is 4. The summed E-state index contributed by atoms with van der Waals surface area (Å²) in [5.41, 5.74) is 0.635. The molecule has 0 atom stereocenters. The van der Waals surface area contributed by atoms with Crippen molar-refractivity contribution in [2.75, 3.05) is 33.9 Å². The van der Waals surface area contributed by atoms with Crippen molar-refractivity contribution in [3.05, 3.63) is 21.3 Å². The summed E-state index contributed by atoms with van der Waals surface area (Å²) in [5, 5.41) is 3.14. The average Bonchev–Trinajstić information content (AvgIpc) is 2.55. The number of rotatable bonds is 5. The number of halogens is 1. The molecule has 0 radical (unpaired) electrons. The van der Waals surface area contributed by atoms with Crippen LogP contribution in [0.25, 0.3) is 0 Å². The number of methoxy groups -OCH3 is 2. The van der Waals surface area contributed by atoms with Crippen LogP contribution in [0.4, 0.5) is 0 Å². The molecule has 0 unspecified atom stereocenters. The van der Waals surface area contributed by atoms with Gasteiger partial charge in [0, 0.05) is 22.7 Å². The molecule has 6 heteroatoms. The minimum Gasteiger partial charge on any atom is -0.493 e. The molecule has 1 N–H and O–H groups in total. The van der Waals surface area contributed by atoms with E-state index in [1.807, 2.05) is 6.07 Å². The van der Waals surface area contributed by atoms with Gasteiger partial charge in [0.15, 0.2) is 11.5 Å². The molecule has 0 saturated carbocycles. The molecular formula is C16H23IN2O3. The van der Waals surface area contributed by atoms with Crippen LogP contribution in [0.2, 0.25) is 0 Å². The normalized spacial score (nSPS) is 16.4. The Kier molecular flexibility index (Phi) is 6.31. The lowest BCUT2D eigenvalue weighted by atomic mass is 10.0. The molecule has 1 heterocycles. The highest BCUT2D eigenvalue weighted by Crippen LogP contribution is 2.31. The third-order valence-corrected chi connectivity index (χ3v) is 4.98. The molecule has 22 heavy (non-hydrogen) atoms. The van der Waals surface area contributed by atoms with Crippen LogP contribution >= 0.6 is 22.6 Å². The van der Waals surface area contributed by atoms with Crippen molar-refractivity contribution in [1.29, 1.82) is 0 Å². The van der Waals surface area contributed by atoms with Crippen molar-refractivity contribution < 1.29 is 14.3 Å². The predicted molar refractivity (Wildman–Crippen MR) is 94.9 cm³/mol. The predicted octanol–water partition coefficient (Wildman–Crippen LogP) is 2.52. The Labute approximate surface area is 145 Å². The van der Waals surface area contributed by atoms with Gasteiger partial charge < -0.3 is 19.7 Å². The van der Waals surface area contributed by atoms with Crippen molar-refractivity contribution in [2.24, 2.45) is 0 Å². The van der Waals surface area contributed by atoms with E-state index in [1.54, 1.807) is 20.3 Å². The van der Waals surface area contributed by atoms with Crippen LogP contribution in [0.1, 0.15) is 30.1 Å². The van der Waals surface area contributed by atoms with E-state index in [0.717, 1.165) is 36.0 Å². The first-order valence-electron chi connectivity index (χ1n) is 7.53. The lowest BCUT2D eigenvalue weighted by molar-refractivity contribution is 0.0911. The molecule has 0 aliphatic carbocycles. The van der Waals surface area contributed by atoms with Crippen LogP contribution in [0.5, 0.6) is 11.5 Å². The third kappa shape index (κ3) is 4.04. The number of carbonyl (C=O) groups excluding carboxylic acids is 1. The van der Waals surface area contributed by atoms with Crippen LogP contribution in [-0.2, 0) is 0 Å². The second-order valence-corrected chi connectivity index (χ2v) is 6.53. The molecule has 1 amide bonds. The average molecular weight is 418 g/mol. The summed E-state index contributed by atoms with van der Waals surface area (Å²) in [5.74, 6) is 1.17. The molecule has 2 rings (SSSR count). The third-order valence-electron chi connectivity index (χ3n) is 4.09. The lowest BCUT2D eigenvalue weighted by Gasteiger charge is -2.31. The van der Waals surface area contributed by atoms with Gasteiger partial charge in [-0.3, -0.25) is 4.79 Å². The summed E-state index contributed by atoms with van der Waals surface area (Å²) < 4.78 is 11.4. The smallest absolute Gasteiger partial charge is 0.252 e. The number of carbonyl (C=O) groups is 1. The number of hydrogen-bond donors (Lipinski definition) is 1. The van der Waals surface area contributed by atoms with Gasteiger partial charge in [-0.25, -0.2) is 0 Å². The molecule has 0 bridgehead atoms. The summed E-state index contributed by atoms with van der Waals surface area (Å²) in [6, 6.07) is 3.82. The molecule has 1 fully saturated rings. The van der Waals surface area contributed by atoms with Crippen molar-refractivity contribution in [2.45, 2.75) is 25.8 Å². The Bertz CT molecular complexity index is 528. The standard InChI is InChI=1S/C16H23IN2O3/c1-4-19-7-5-11(6-8-19)18-16(20)12-9-14(21-2)15(22-3)10-13(12)17/h9-11H,4-8H2,1-3H3,(H,18,20). The van der Waals surface area contributed by atoms with Gasteiger partial charge >= 0.3 is 0 Å². The molecule has 1 aliphatic heterocycles. The Balaban J connectivity index is 2.06. The molecule has 1 aromatic carbocycles. The molecule has 5 nitrogen and oxygen atoms in total. The number of benzene rings is 1. The number of likely N-dealkylation sites (tertiary alicyclic amines) is 1. The summed E-state index contributed by atoms with van der Waals surface area (Å²) >= 11 is 2.16. The van der Waals surface area contributed by atoms with Gasteiger partial charge in [-0.2, -0.15) is 0 Å². The first kappa shape index (κ1) is 17.3. The Morgan fingerprint density at radius 1 is 1.27 bits per heavy atom. The molecule has 122 valence electrons. The quantitative estimate of drug-likeness (QED) is 0.747. The maximum atomic E-state index is 12.5. The highest BCUT2D eigenvalue weighted by Gasteiger charge is 2.22. The van der Waals surface area contributed by atoms with Crippen LogP contribution in [0.3, 0.4) is 0 Å². The zero-order valence-electron chi connectivity index (χ0n) is 13.3. The van der Waals surface area contributed by atoms with Gasteiger partial charge in [-0.05, 0) is 54.1 Å². The minimum absolute atomic E-state index is 0.0414. The molecule has 1 aliphatic rings. The minimum atomic E-state index is -0.0414. The first-order chi connectivity index (χ1) is 10.6. The largest absolute Gasteiger partial charge is 0.493 e. The van der Waals surface area contributed by atoms with E-state index in [2.05, 4.69) is 39.7 Å². The van der Waals surface area contributed by atoms with E-state index >= 15 is 0 Å². The van der Waals surface area contributed by atoms with E-state index in [4.69, 9.17) is 9.47 Å². The van der Waals surface area contributed by atoms with Gasteiger partial charge in [-0.15, -0.1) is 0 Å². The zero-order valence-corrected chi connectivity index (χ0v) is 15.5. The SMILES string of the molecule is CCN1CCC(NC(=O)c2cc(OC)c(OC)cc2I)CC1. The van der Waals surface area contributed by atoms with Gasteiger partial charge in [0.1, 0.15) is 0 Å². The maximum absolute atomic E-state index is 12.5. The van der Waals surface area contributed by atoms with E-state index in [1.165, 1.54) is 0 Å². The number of nitrogens with zero attached hydrogens (tertiary/aromatic N) is 1. The number of nitrogens with one attached hydrogen (secondary N) is 1. The topological polar surface area (TPSA) is 50.8 Å². The monoisotopic (exact) mass is 418 g/mol. The van der Waals surface area contributed by atoms with Crippen molar-refractivity contribution in [3.8, 4) is 11.5 Å². The number of ether oxygens (including phenoxy) is 2. The van der Waals surface area contributed by atoms with Crippen molar-refractivity contribution >= 4 is 28.5 Å². The summed E-state index contributed by atoms with van der Waals surface area (Å²) in [6.45, 7) is 5.34. The molecule has 1 saturated heterocycles. The highest BCUT2D eigenvalue weighted by molar-refractivity contribution is 14.1. The Hall–Kier alpha value is -1.02. The van der Waals surface area contributed by atoms with Crippen molar-refractivity contribution in [1.82, 2.24) is 10.2 Å². The van der Waals surface area contributed by atoms with Crippen LogP contribution in [0.15, 0.2) is 12.1 Å². The Morgan fingerprint density at radius 2 is 1.86 bits per heavy atom. The fourth-order valence-corrected chi connectivity index (χ4v) is 3.37. The zero-order chi connectivity index (χ0) is 16.1. The highest BCUT2D eigenvalue weighted by atomic mass is 127. The van der Waals surface area contributed by atoms with Crippen LogP contribution in [0, 0.1) is 3.57 Å². The van der Waals surface area contributed by atoms with E-state index < -0.39 is 0 Å². The fourth-order valence-electron chi connectivity index (χ4n) is 2.68. The van der Waals surface area contributed by atoms with Gasteiger partial charge in [0.05, 0.1) is 19.8 Å². The van der Waals surface area contributed by atoms with E-state index in [9.17, 15) is 4.79 Å². The van der Waals surface area contributed by atoms with Gasteiger partial charge in [0.25, 0.3) is 5.91 Å². The number of amides is 1. The van der Waals surface area contributed by atoms with Gasteiger partial charge in [-0.1, -0.05) is 6.92 Å². The maximum Gasteiger partial charge on any atom is 0.252 e. The van der Waals surface area contributed by atoms with Crippen LogP contribution < -0.4 is 14.8 Å². The van der Waals surface area contributed by atoms with E-state index in [-0.39, 0.29) is 11.9 Å². The molecular weight excluding hydrogens is 395 g/mol. The summed E-state index contributed by atoms with van der Waals surface area (Å²) in [7, 11) is 3.17. The second kappa shape index (κ2) is 8.01. The van der Waals surface area contributed by atoms with Gasteiger partial charge in [0.2, 0.25) is 0 Å². The van der Waals surface area contributed by atoms with E-state index in [0.29, 0.717) is 17.1 Å². The summed E-state index contributed by atoms with van der Waals surface area (Å²) in [4.78, 5) is 14.9. The molecule has 0 spiro atoms. The Morgan fingerprint density at radius 3 is 2.41 bits per heavy atom.